The summed E-state index contributed by atoms with van der Waals surface area (Å²) in [5, 5.41) is 10.2. The van der Waals surface area contributed by atoms with E-state index in [4.69, 9.17) is 5.11 Å². The molecule has 5 nitrogen and oxygen atoms in total. The summed E-state index contributed by atoms with van der Waals surface area (Å²) in [5.74, 6) is -8.37. The maximum absolute atomic E-state index is 13.4. The number of anilines is 1. The summed E-state index contributed by atoms with van der Waals surface area (Å²) in [5.41, 5.74) is -1.34. The predicted octanol–water partition coefficient (Wildman–Crippen LogP) is 2.35. The molecule has 0 aliphatic heterocycles. The molecule has 0 aromatic heterocycles. The zero-order chi connectivity index (χ0) is 16.2. The highest BCUT2D eigenvalue weighted by molar-refractivity contribution is 5.91. The van der Waals surface area contributed by atoms with Crippen molar-refractivity contribution in [2.45, 2.75) is 0 Å². The van der Waals surface area contributed by atoms with Crippen LogP contribution in [0.25, 0.3) is 0 Å². The highest BCUT2D eigenvalue weighted by Gasteiger charge is 2.23. The van der Waals surface area contributed by atoms with Crippen molar-refractivity contribution in [2.24, 2.45) is 0 Å². The summed E-state index contributed by atoms with van der Waals surface area (Å²) < 4.78 is 52.7. The molecule has 1 aromatic rings. The molecule has 0 saturated carbocycles. The molecule has 0 unspecified atom stereocenters. The van der Waals surface area contributed by atoms with E-state index >= 15 is 0 Å². The van der Waals surface area contributed by atoms with Crippen LogP contribution in [0, 0.1) is 23.3 Å². The van der Waals surface area contributed by atoms with Gasteiger partial charge in [-0.25, -0.2) is 22.4 Å². The van der Waals surface area contributed by atoms with Crippen LogP contribution in [0.15, 0.2) is 18.7 Å². The van der Waals surface area contributed by atoms with E-state index in [-0.39, 0.29) is 12.6 Å². The van der Waals surface area contributed by atoms with Gasteiger partial charge in [-0.2, -0.15) is 0 Å². The molecule has 0 fully saturated rings. The van der Waals surface area contributed by atoms with Gasteiger partial charge in [0.05, 0.1) is 0 Å². The Morgan fingerprint density at radius 2 is 1.76 bits per heavy atom. The van der Waals surface area contributed by atoms with Crippen LogP contribution in [-0.4, -0.2) is 35.1 Å². The fourth-order valence-electron chi connectivity index (χ4n) is 1.41. The summed E-state index contributed by atoms with van der Waals surface area (Å²) in [6, 6.07) is -1.26. The van der Waals surface area contributed by atoms with Gasteiger partial charge in [0.15, 0.2) is 23.3 Å². The predicted molar refractivity (Wildman–Crippen MR) is 64.7 cm³/mol. The minimum atomic E-state index is -1.80. The first-order valence-corrected chi connectivity index (χ1v) is 5.49. The van der Waals surface area contributed by atoms with E-state index in [1.165, 1.54) is 6.08 Å². The molecule has 0 aliphatic carbocycles. The lowest BCUT2D eigenvalue weighted by Gasteiger charge is -2.20. The second kappa shape index (κ2) is 6.73. The van der Waals surface area contributed by atoms with Crippen molar-refractivity contribution in [1.29, 1.82) is 0 Å². The van der Waals surface area contributed by atoms with Crippen molar-refractivity contribution in [1.82, 2.24) is 4.90 Å². The molecule has 0 aliphatic rings. The zero-order valence-corrected chi connectivity index (χ0v) is 10.5. The van der Waals surface area contributed by atoms with Crippen LogP contribution >= 0.6 is 0 Å². The second-order valence-corrected chi connectivity index (χ2v) is 3.84. The molecule has 1 aromatic carbocycles. The van der Waals surface area contributed by atoms with Gasteiger partial charge in [-0.1, -0.05) is 6.08 Å². The zero-order valence-electron chi connectivity index (χ0n) is 10.5. The second-order valence-electron chi connectivity index (χ2n) is 3.84. The molecule has 1 rings (SSSR count). The normalized spacial score (nSPS) is 10.1. The molecular formula is C12H10F4N2O3. The first-order valence-electron chi connectivity index (χ1n) is 5.49. The number of benzene rings is 1. The molecule has 21 heavy (non-hydrogen) atoms. The van der Waals surface area contributed by atoms with Crippen molar-refractivity contribution in [2.75, 3.05) is 18.4 Å². The smallest absolute Gasteiger partial charge is 0.323 e. The summed E-state index contributed by atoms with van der Waals surface area (Å²) in [4.78, 5) is 22.9. The van der Waals surface area contributed by atoms with Gasteiger partial charge in [0.2, 0.25) is 0 Å². The molecule has 0 bridgehead atoms. The maximum Gasteiger partial charge on any atom is 0.323 e. The number of aliphatic carboxylic acids is 1. The van der Waals surface area contributed by atoms with Gasteiger partial charge in [-0.15, -0.1) is 6.58 Å². The topological polar surface area (TPSA) is 69.6 Å². The van der Waals surface area contributed by atoms with Gasteiger partial charge in [0.25, 0.3) is 0 Å². The maximum atomic E-state index is 13.4. The van der Waals surface area contributed by atoms with E-state index < -0.39 is 47.5 Å². The highest BCUT2D eigenvalue weighted by Crippen LogP contribution is 2.24. The molecule has 0 spiro atoms. The largest absolute Gasteiger partial charge is 0.480 e. The Morgan fingerprint density at radius 1 is 1.24 bits per heavy atom. The Morgan fingerprint density at radius 3 is 2.19 bits per heavy atom. The average molecular weight is 306 g/mol. The number of hydrogen-bond acceptors (Lipinski definition) is 2. The number of halogens is 4. The lowest BCUT2D eigenvalue weighted by molar-refractivity contribution is -0.137. The van der Waals surface area contributed by atoms with E-state index in [1.807, 2.05) is 0 Å². The van der Waals surface area contributed by atoms with Gasteiger partial charge in [0.1, 0.15) is 12.2 Å². The molecule has 0 saturated heterocycles. The Kier molecular flexibility index (Phi) is 5.28. The van der Waals surface area contributed by atoms with Crippen LogP contribution in [0.2, 0.25) is 0 Å². The summed E-state index contributed by atoms with van der Waals surface area (Å²) >= 11 is 0. The third-order valence-corrected chi connectivity index (χ3v) is 2.31. The van der Waals surface area contributed by atoms with Crippen molar-refractivity contribution < 1.29 is 32.3 Å². The summed E-state index contributed by atoms with van der Waals surface area (Å²) in [7, 11) is 0. The van der Waals surface area contributed by atoms with Crippen molar-refractivity contribution in [3.8, 4) is 0 Å². The van der Waals surface area contributed by atoms with E-state index in [0.717, 1.165) is 0 Å². The number of urea groups is 1. The summed E-state index contributed by atoms with van der Waals surface area (Å²) in [6.45, 7) is 2.23. The van der Waals surface area contributed by atoms with Crippen molar-refractivity contribution in [3.05, 3.63) is 42.0 Å². The van der Waals surface area contributed by atoms with Gasteiger partial charge in [-0.05, 0) is 0 Å². The number of rotatable bonds is 5. The number of carboxylic acid groups (broad SMARTS) is 1. The van der Waals surface area contributed by atoms with Crippen LogP contribution in [0.1, 0.15) is 0 Å². The fraction of sp³-hybridized carbons (Fsp3) is 0.167. The van der Waals surface area contributed by atoms with Gasteiger partial charge >= 0.3 is 12.0 Å². The first kappa shape index (κ1) is 16.5. The number of hydrogen-bond donors (Lipinski definition) is 2. The van der Waals surface area contributed by atoms with Crippen LogP contribution in [-0.2, 0) is 4.79 Å². The highest BCUT2D eigenvalue weighted by atomic mass is 19.2. The molecule has 2 amide bonds. The Labute approximate surface area is 116 Å². The molecular weight excluding hydrogens is 296 g/mol. The molecule has 0 atom stereocenters. The number of carboxylic acids is 1. The third kappa shape index (κ3) is 3.94. The summed E-state index contributed by atoms with van der Waals surface area (Å²) in [6.07, 6.45) is 1.17. The van der Waals surface area contributed by atoms with Crippen LogP contribution < -0.4 is 5.32 Å². The average Bonchev–Trinajstić information content (AvgIpc) is 2.40. The van der Waals surface area contributed by atoms with Crippen LogP contribution in [0.4, 0.5) is 28.0 Å². The van der Waals surface area contributed by atoms with Crippen molar-refractivity contribution in [3.63, 3.8) is 0 Å². The molecule has 0 radical (unpaired) electrons. The van der Waals surface area contributed by atoms with Crippen LogP contribution in [0.3, 0.4) is 0 Å². The Hall–Kier alpha value is -2.58. The molecule has 114 valence electrons. The molecule has 0 heterocycles. The first-order chi connectivity index (χ1) is 9.77. The minimum absolute atomic E-state index is 0.0148. The quantitative estimate of drug-likeness (QED) is 0.498. The number of nitrogens with zero attached hydrogens (tertiary/aromatic N) is 1. The Balaban J connectivity index is 3.06. The molecule has 2 N–H and O–H groups in total. The Bertz CT molecular complexity index is 566. The standard InChI is InChI=1S/C12H10F4N2O3/c1-2-3-18(5-8(19)20)12(21)17-11-9(15)6(13)4-7(14)10(11)16/h2,4H,1,3,5H2,(H,17,21)(H,19,20). The van der Waals surface area contributed by atoms with Crippen LogP contribution in [0.5, 0.6) is 0 Å². The monoisotopic (exact) mass is 306 g/mol. The number of nitrogens with one attached hydrogen (secondary N) is 1. The van der Waals surface area contributed by atoms with E-state index in [2.05, 4.69) is 6.58 Å². The minimum Gasteiger partial charge on any atom is -0.480 e. The van der Waals surface area contributed by atoms with E-state index in [1.54, 1.807) is 5.32 Å². The van der Waals surface area contributed by atoms with E-state index in [9.17, 15) is 27.2 Å². The third-order valence-electron chi connectivity index (χ3n) is 2.31. The van der Waals surface area contributed by atoms with Gasteiger partial charge in [-0.3, -0.25) is 4.79 Å². The van der Waals surface area contributed by atoms with E-state index in [0.29, 0.717) is 4.90 Å². The number of carbonyl (C=O) groups excluding carboxylic acids is 1. The van der Waals surface area contributed by atoms with Crippen molar-refractivity contribution >= 4 is 17.7 Å². The number of carbonyl (C=O) groups is 2. The number of amides is 2. The van der Waals surface area contributed by atoms with Gasteiger partial charge < -0.3 is 15.3 Å². The fourth-order valence-corrected chi connectivity index (χ4v) is 1.41. The SMILES string of the molecule is C=CCN(CC(=O)O)C(=O)Nc1c(F)c(F)cc(F)c1F. The molecule has 9 heteroatoms. The van der Waals surface area contributed by atoms with Gasteiger partial charge in [0, 0.05) is 12.6 Å². The lowest BCUT2D eigenvalue weighted by atomic mass is 10.2. The lowest BCUT2D eigenvalue weighted by Crippen LogP contribution is -2.39.